The van der Waals surface area contributed by atoms with Gasteiger partial charge in [0.15, 0.2) is 0 Å². The molecular formula is C24H32ClN5O3. The molecule has 8 nitrogen and oxygen atoms in total. The lowest BCUT2D eigenvalue weighted by Gasteiger charge is -2.35. The lowest BCUT2D eigenvalue weighted by Crippen LogP contribution is -2.39. The minimum atomic E-state index is -0.371. The van der Waals surface area contributed by atoms with Crippen LogP contribution in [0.3, 0.4) is 0 Å². The van der Waals surface area contributed by atoms with Crippen molar-refractivity contribution in [3.8, 4) is 5.88 Å². The lowest BCUT2D eigenvalue weighted by atomic mass is 9.78. The SMILES string of the molecule is Cc1cc(N2C[C@]3(CC[C@@H](CNc4ccc(OC5CCCC5)nn4)CC3)OC2=O)ccn1.Cl. The number of pyridine rings is 1. The third kappa shape index (κ3) is 5.49. The van der Waals surface area contributed by atoms with Crippen LogP contribution in [0.25, 0.3) is 0 Å². The van der Waals surface area contributed by atoms with E-state index in [9.17, 15) is 4.79 Å². The van der Waals surface area contributed by atoms with Gasteiger partial charge in [0.1, 0.15) is 17.5 Å². The first kappa shape index (κ1) is 23.5. The van der Waals surface area contributed by atoms with E-state index < -0.39 is 0 Å². The van der Waals surface area contributed by atoms with Crippen LogP contribution in [0.1, 0.15) is 57.1 Å². The molecule has 3 heterocycles. The zero-order chi connectivity index (χ0) is 22.0. The molecule has 178 valence electrons. The fourth-order valence-electron chi connectivity index (χ4n) is 5.09. The van der Waals surface area contributed by atoms with Crippen LogP contribution < -0.4 is 15.0 Å². The first-order chi connectivity index (χ1) is 15.6. The van der Waals surface area contributed by atoms with Gasteiger partial charge in [-0.05, 0) is 82.4 Å². The van der Waals surface area contributed by atoms with Crippen LogP contribution in [0.5, 0.6) is 5.88 Å². The van der Waals surface area contributed by atoms with E-state index in [0.29, 0.717) is 24.4 Å². The third-order valence-electron chi connectivity index (χ3n) is 6.98. The van der Waals surface area contributed by atoms with Gasteiger partial charge in [-0.2, -0.15) is 0 Å². The standard InChI is InChI=1S/C24H31N5O3.ClH/c1-17-14-19(10-13-25-17)29-16-24(32-23(29)30)11-8-18(9-12-24)15-26-21-6-7-22(28-27-21)31-20-4-2-3-5-20;/h6-7,10,13-14,18,20H,2-5,8-9,11-12,15-16H2,1H3,(H,26,27);1H/t18-,24-;. The molecule has 2 aromatic heterocycles. The zero-order valence-electron chi connectivity index (χ0n) is 19.0. The molecule has 0 bridgehead atoms. The molecule has 1 spiro atoms. The highest BCUT2D eigenvalue weighted by Crippen LogP contribution is 2.40. The number of aromatic nitrogens is 3. The van der Waals surface area contributed by atoms with Gasteiger partial charge in [0, 0.05) is 24.5 Å². The van der Waals surface area contributed by atoms with Crippen molar-refractivity contribution in [1.29, 1.82) is 0 Å². The van der Waals surface area contributed by atoms with Crippen molar-refractivity contribution in [2.24, 2.45) is 5.92 Å². The second-order valence-corrected chi connectivity index (χ2v) is 9.40. The summed E-state index contributed by atoms with van der Waals surface area (Å²) in [5.41, 5.74) is 1.39. The smallest absolute Gasteiger partial charge is 0.415 e. The number of nitrogens with one attached hydrogen (secondary N) is 1. The van der Waals surface area contributed by atoms with Crippen LogP contribution in [-0.2, 0) is 4.74 Å². The maximum atomic E-state index is 12.5. The first-order valence-corrected chi connectivity index (χ1v) is 11.8. The zero-order valence-corrected chi connectivity index (χ0v) is 19.9. The Labute approximate surface area is 200 Å². The molecule has 9 heteroatoms. The molecule has 5 rings (SSSR count). The van der Waals surface area contributed by atoms with Crippen molar-refractivity contribution in [3.05, 3.63) is 36.2 Å². The minimum Gasteiger partial charge on any atom is -0.473 e. The van der Waals surface area contributed by atoms with Gasteiger partial charge in [0.05, 0.1) is 12.2 Å². The maximum absolute atomic E-state index is 12.5. The number of rotatable bonds is 6. The fraction of sp³-hybridized carbons (Fsp3) is 0.583. The molecule has 33 heavy (non-hydrogen) atoms. The summed E-state index contributed by atoms with van der Waals surface area (Å²) in [6.45, 7) is 3.39. The number of halogens is 1. The predicted octanol–water partition coefficient (Wildman–Crippen LogP) is 4.92. The normalized spacial score (nSPS) is 25.1. The lowest BCUT2D eigenvalue weighted by molar-refractivity contribution is 0.0148. The highest BCUT2D eigenvalue weighted by Gasteiger charge is 2.47. The van der Waals surface area contributed by atoms with Gasteiger partial charge in [0.2, 0.25) is 5.88 Å². The number of aryl methyl sites for hydroxylation is 1. The van der Waals surface area contributed by atoms with E-state index in [2.05, 4.69) is 20.5 Å². The molecule has 1 aliphatic heterocycles. The topological polar surface area (TPSA) is 89.5 Å². The number of ether oxygens (including phenoxy) is 2. The Morgan fingerprint density at radius 1 is 1.15 bits per heavy atom. The fourth-order valence-corrected chi connectivity index (χ4v) is 5.09. The molecule has 2 aliphatic carbocycles. The van der Waals surface area contributed by atoms with E-state index in [1.165, 1.54) is 12.8 Å². The molecule has 0 aromatic carbocycles. The van der Waals surface area contributed by atoms with Crippen molar-refractivity contribution in [3.63, 3.8) is 0 Å². The monoisotopic (exact) mass is 473 g/mol. The second-order valence-electron chi connectivity index (χ2n) is 9.40. The number of amides is 1. The third-order valence-corrected chi connectivity index (χ3v) is 6.98. The highest BCUT2D eigenvalue weighted by molar-refractivity contribution is 5.90. The summed E-state index contributed by atoms with van der Waals surface area (Å²) in [5, 5.41) is 11.9. The molecule has 3 aliphatic rings. The van der Waals surface area contributed by atoms with Crippen LogP contribution >= 0.6 is 12.4 Å². The van der Waals surface area contributed by atoms with Crippen LogP contribution in [0, 0.1) is 12.8 Å². The summed E-state index contributed by atoms with van der Waals surface area (Å²) in [6.07, 6.45) is 10.3. The number of nitrogens with zero attached hydrogens (tertiary/aromatic N) is 4. The van der Waals surface area contributed by atoms with Crippen molar-refractivity contribution < 1.29 is 14.3 Å². The first-order valence-electron chi connectivity index (χ1n) is 11.8. The molecule has 0 atom stereocenters. The summed E-state index contributed by atoms with van der Waals surface area (Å²) in [4.78, 5) is 18.5. The maximum Gasteiger partial charge on any atom is 0.415 e. The summed E-state index contributed by atoms with van der Waals surface area (Å²) >= 11 is 0. The molecule has 3 fully saturated rings. The second kappa shape index (κ2) is 10.1. The van der Waals surface area contributed by atoms with E-state index in [1.54, 1.807) is 11.1 Å². The molecular weight excluding hydrogens is 442 g/mol. The predicted molar refractivity (Wildman–Crippen MR) is 128 cm³/mol. The van der Waals surface area contributed by atoms with E-state index in [4.69, 9.17) is 9.47 Å². The molecule has 2 saturated carbocycles. The number of hydrogen-bond acceptors (Lipinski definition) is 7. The molecule has 1 N–H and O–H groups in total. The number of hydrogen-bond donors (Lipinski definition) is 1. The minimum absolute atomic E-state index is 0. The van der Waals surface area contributed by atoms with Gasteiger partial charge >= 0.3 is 6.09 Å². The van der Waals surface area contributed by atoms with Crippen LogP contribution in [0.4, 0.5) is 16.3 Å². The Bertz CT molecular complexity index is 943. The molecule has 1 saturated heterocycles. The van der Waals surface area contributed by atoms with E-state index in [1.807, 2.05) is 31.2 Å². The summed E-state index contributed by atoms with van der Waals surface area (Å²) in [6, 6.07) is 7.64. The quantitative estimate of drug-likeness (QED) is 0.636. The van der Waals surface area contributed by atoms with E-state index in [0.717, 1.165) is 62.3 Å². The largest absolute Gasteiger partial charge is 0.473 e. The molecule has 0 unspecified atom stereocenters. The van der Waals surface area contributed by atoms with Gasteiger partial charge in [-0.15, -0.1) is 22.6 Å². The Hall–Kier alpha value is -2.61. The average Bonchev–Trinajstić information content (AvgIpc) is 3.42. The van der Waals surface area contributed by atoms with Gasteiger partial charge < -0.3 is 14.8 Å². The van der Waals surface area contributed by atoms with E-state index in [-0.39, 0.29) is 24.1 Å². The Balaban J connectivity index is 0.00000259. The highest BCUT2D eigenvalue weighted by atomic mass is 35.5. The number of anilines is 2. The van der Waals surface area contributed by atoms with Gasteiger partial charge in [-0.25, -0.2) is 4.79 Å². The van der Waals surface area contributed by atoms with Crippen LogP contribution in [0.2, 0.25) is 0 Å². The van der Waals surface area contributed by atoms with Crippen LogP contribution in [0.15, 0.2) is 30.5 Å². The summed E-state index contributed by atoms with van der Waals surface area (Å²) in [5.74, 6) is 1.90. The summed E-state index contributed by atoms with van der Waals surface area (Å²) < 4.78 is 11.8. The number of carbonyl (C=O) groups is 1. The average molecular weight is 474 g/mol. The number of carbonyl (C=O) groups excluding carboxylic acids is 1. The van der Waals surface area contributed by atoms with Gasteiger partial charge in [-0.1, -0.05) is 0 Å². The summed E-state index contributed by atoms with van der Waals surface area (Å²) in [7, 11) is 0. The van der Waals surface area contributed by atoms with Crippen molar-refractivity contribution >= 4 is 30.0 Å². The van der Waals surface area contributed by atoms with Gasteiger partial charge in [-0.3, -0.25) is 9.88 Å². The van der Waals surface area contributed by atoms with Crippen molar-refractivity contribution in [2.45, 2.75) is 70.0 Å². The molecule has 1 amide bonds. The van der Waals surface area contributed by atoms with Crippen LogP contribution in [-0.4, -0.2) is 46.1 Å². The Morgan fingerprint density at radius 3 is 2.64 bits per heavy atom. The van der Waals surface area contributed by atoms with Gasteiger partial charge in [0.25, 0.3) is 0 Å². The Morgan fingerprint density at radius 2 is 1.94 bits per heavy atom. The molecule has 0 radical (unpaired) electrons. The van der Waals surface area contributed by atoms with Crippen molar-refractivity contribution in [1.82, 2.24) is 15.2 Å². The van der Waals surface area contributed by atoms with Crippen molar-refractivity contribution in [2.75, 3.05) is 23.3 Å². The van der Waals surface area contributed by atoms with E-state index >= 15 is 0 Å². The Kier molecular flexibility index (Phi) is 7.22. The molecule has 2 aromatic rings.